The van der Waals surface area contributed by atoms with Gasteiger partial charge in [-0.2, -0.15) is 0 Å². The number of nitrogens with zero attached hydrogens (tertiary/aromatic N) is 1. The lowest BCUT2D eigenvalue weighted by molar-refractivity contribution is -0.138. The van der Waals surface area contributed by atoms with Crippen molar-refractivity contribution in [3.63, 3.8) is 0 Å². The standard InChI is InChI=1S/C13H17Cl2NO2/c1-9(2)6-16(8-13(17)18)7-10-3-4-11(14)12(15)5-10/h3-5,9H,6-8H2,1-2H3,(H,17,18). The van der Waals surface area contributed by atoms with Gasteiger partial charge in [0.1, 0.15) is 0 Å². The minimum absolute atomic E-state index is 0.0262. The summed E-state index contributed by atoms with van der Waals surface area (Å²) in [7, 11) is 0. The van der Waals surface area contributed by atoms with Gasteiger partial charge in [-0.05, 0) is 23.6 Å². The van der Waals surface area contributed by atoms with Crippen molar-refractivity contribution in [2.24, 2.45) is 5.92 Å². The molecule has 0 unspecified atom stereocenters. The normalized spacial score (nSPS) is 11.2. The van der Waals surface area contributed by atoms with E-state index < -0.39 is 5.97 Å². The summed E-state index contributed by atoms with van der Waals surface area (Å²) in [6.07, 6.45) is 0. The SMILES string of the molecule is CC(C)CN(CC(=O)O)Cc1ccc(Cl)c(Cl)c1. The molecule has 5 heteroatoms. The predicted molar refractivity (Wildman–Crippen MR) is 74.2 cm³/mol. The van der Waals surface area contributed by atoms with Gasteiger partial charge < -0.3 is 5.11 Å². The van der Waals surface area contributed by atoms with Crippen LogP contribution in [0.2, 0.25) is 10.0 Å². The molecule has 0 aliphatic heterocycles. The van der Waals surface area contributed by atoms with Gasteiger partial charge in [-0.15, -0.1) is 0 Å². The van der Waals surface area contributed by atoms with Gasteiger partial charge >= 0.3 is 5.97 Å². The van der Waals surface area contributed by atoms with Gasteiger partial charge in [0.2, 0.25) is 0 Å². The predicted octanol–water partition coefficient (Wildman–Crippen LogP) is 3.54. The lowest BCUT2D eigenvalue weighted by atomic mass is 10.1. The molecule has 3 nitrogen and oxygen atoms in total. The van der Waals surface area contributed by atoms with Crippen molar-refractivity contribution in [2.45, 2.75) is 20.4 Å². The number of halogens is 2. The summed E-state index contributed by atoms with van der Waals surface area (Å²) in [6.45, 7) is 5.43. The van der Waals surface area contributed by atoms with E-state index in [9.17, 15) is 4.79 Å². The van der Waals surface area contributed by atoms with E-state index in [1.54, 1.807) is 12.1 Å². The maximum atomic E-state index is 10.8. The van der Waals surface area contributed by atoms with Gasteiger partial charge in [-0.3, -0.25) is 9.69 Å². The Hall–Kier alpha value is -0.770. The fourth-order valence-electron chi connectivity index (χ4n) is 1.79. The van der Waals surface area contributed by atoms with Crippen molar-refractivity contribution < 1.29 is 9.90 Å². The molecule has 1 N–H and O–H groups in total. The van der Waals surface area contributed by atoms with Gasteiger partial charge in [0.05, 0.1) is 16.6 Å². The van der Waals surface area contributed by atoms with Gasteiger partial charge in [-0.1, -0.05) is 43.1 Å². The Morgan fingerprint density at radius 3 is 2.50 bits per heavy atom. The summed E-state index contributed by atoms with van der Waals surface area (Å²) in [5, 5.41) is 9.89. The summed E-state index contributed by atoms with van der Waals surface area (Å²) < 4.78 is 0. The summed E-state index contributed by atoms with van der Waals surface area (Å²) in [5.74, 6) is -0.414. The van der Waals surface area contributed by atoms with E-state index in [2.05, 4.69) is 13.8 Å². The maximum absolute atomic E-state index is 10.8. The molecule has 0 atom stereocenters. The van der Waals surface area contributed by atoms with Crippen molar-refractivity contribution in [2.75, 3.05) is 13.1 Å². The van der Waals surface area contributed by atoms with Crippen LogP contribution in [0.25, 0.3) is 0 Å². The number of carboxylic acids is 1. The zero-order valence-corrected chi connectivity index (χ0v) is 12.0. The van der Waals surface area contributed by atoms with Crippen LogP contribution in [0.4, 0.5) is 0 Å². The van der Waals surface area contributed by atoms with Crippen LogP contribution in [0.1, 0.15) is 19.4 Å². The molecule has 0 aliphatic rings. The first-order valence-electron chi connectivity index (χ1n) is 5.76. The average molecular weight is 290 g/mol. The number of rotatable bonds is 6. The van der Waals surface area contributed by atoms with Gasteiger partial charge in [0.25, 0.3) is 0 Å². The molecule has 1 aromatic carbocycles. The van der Waals surface area contributed by atoms with Crippen molar-refractivity contribution in [1.29, 1.82) is 0 Å². The first-order valence-corrected chi connectivity index (χ1v) is 6.52. The van der Waals surface area contributed by atoms with Crippen LogP contribution in [-0.4, -0.2) is 29.1 Å². The third-order valence-corrected chi connectivity index (χ3v) is 3.11. The maximum Gasteiger partial charge on any atom is 0.317 e. The Morgan fingerprint density at radius 1 is 1.33 bits per heavy atom. The average Bonchev–Trinajstić information content (AvgIpc) is 2.21. The minimum atomic E-state index is -0.823. The summed E-state index contributed by atoms with van der Waals surface area (Å²) >= 11 is 11.8. The van der Waals surface area contributed by atoms with E-state index in [4.69, 9.17) is 28.3 Å². The Balaban J connectivity index is 2.74. The Labute approximate surface area is 117 Å². The third-order valence-electron chi connectivity index (χ3n) is 2.37. The second-order valence-electron chi connectivity index (χ2n) is 4.71. The highest BCUT2D eigenvalue weighted by Gasteiger charge is 2.12. The van der Waals surface area contributed by atoms with Crippen molar-refractivity contribution in [1.82, 2.24) is 4.90 Å². The molecule has 0 amide bonds. The molecule has 100 valence electrons. The quantitative estimate of drug-likeness (QED) is 0.871. The van der Waals surface area contributed by atoms with E-state index in [1.165, 1.54) is 0 Å². The van der Waals surface area contributed by atoms with Crippen LogP contribution in [0.5, 0.6) is 0 Å². The number of carbonyl (C=O) groups is 1. The van der Waals surface area contributed by atoms with Gasteiger partial charge in [0, 0.05) is 13.1 Å². The molecule has 0 radical (unpaired) electrons. The van der Waals surface area contributed by atoms with E-state index in [1.807, 2.05) is 11.0 Å². The molecule has 0 aromatic heterocycles. The van der Waals surface area contributed by atoms with E-state index in [0.717, 1.165) is 12.1 Å². The smallest absolute Gasteiger partial charge is 0.317 e. The van der Waals surface area contributed by atoms with E-state index in [0.29, 0.717) is 22.5 Å². The minimum Gasteiger partial charge on any atom is -0.480 e. The number of benzene rings is 1. The van der Waals surface area contributed by atoms with Crippen molar-refractivity contribution >= 4 is 29.2 Å². The third kappa shape index (κ3) is 5.25. The fraction of sp³-hybridized carbons (Fsp3) is 0.462. The lowest BCUT2D eigenvalue weighted by Gasteiger charge is -2.22. The van der Waals surface area contributed by atoms with E-state index >= 15 is 0 Å². The molecule has 0 aliphatic carbocycles. The first kappa shape index (κ1) is 15.3. The van der Waals surface area contributed by atoms with Crippen molar-refractivity contribution in [3.8, 4) is 0 Å². The summed E-state index contributed by atoms with van der Waals surface area (Å²) in [6, 6.07) is 5.37. The van der Waals surface area contributed by atoms with Gasteiger partial charge in [-0.25, -0.2) is 0 Å². The monoisotopic (exact) mass is 289 g/mol. The zero-order valence-electron chi connectivity index (χ0n) is 10.5. The molecular weight excluding hydrogens is 273 g/mol. The zero-order chi connectivity index (χ0) is 13.7. The number of carboxylic acid groups (broad SMARTS) is 1. The molecule has 1 aromatic rings. The molecule has 0 fully saturated rings. The molecule has 0 spiro atoms. The highest BCUT2D eigenvalue weighted by Crippen LogP contribution is 2.23. The molecule has 0 heterocycles. The molecule has 0 bridgehead atoms. The topological polar surface area (TPSA) is 40.5 Å². The second kappa shape index (κ2) is 6.98. The number of hydrogen-bond acceptors (Lipinski definition) is 2. The lowest BCUT2D eigenvalue weighted by Crippen LogP contribution is -2.32. The highest BCUT2D eigenvalue weighted by molar-refractivity contribution is 6.42. The van der Waals surface area contributed by atoms with E-state index in [-0.39, 0.29) is 6.54 Å². The van der Waals surface area contributed by atoms with Crippen LogP contribution >= 0.6 is 23.2 Å². The Kier molecular flexibility index (Phi) is 5.93. The number of aliphatic carboxylic acids is 1. The fourth-order valence-corrected chi connectivity index (χ4v) is 2.11. The molecule has 18 heavy (non-hydrogen) atoms. The van der Waals surface area contributed by atoms with Crippen LogP contribution in [-0.2, 0) is 11.3 Å². The Morgan fingerprint density at radius 2 is 2.00 bits per heavy atom. The Bertz CT molecular complexity index is 421. The van der Waals surface area contributed by atoms with Crippen LogP contribution in [0, 0.1) is 5.92 Å². The van der Waals surface area contributed by atoms with Gasteiger partial charge in [0.15, 0.2) is 0 Å². The molecule has 0 saturated carbocycles. The first-order chi connectivity index (χ1) is 8.38. The summed E-state index contributed by atoms with van der Waals surface area (Å²) in [5.41, 5.74) is 0.964. The molecule has 0 saturated heterocycles. The summed E-state index contributed by atoms with van der Waals surface area (Å²) in [4.78, 5) is 12.7. The van der Waals surface area contributed by atoms with Crippen LogP contribution in [0.15, 0.2) is 18.2 Å². The largest absolute Gasteiger partial charge is 0.480 e. The molecular formula is C13H17Cl2NO2. The van der Waals surface area contributed by atoms with Crippen molar-refractivity contribution in [3.05, 3.63) is 33.8 Å². The number of hydrogen-bond donors (Lipinski definition) is 1. The van der Waals surface area contributed by atoms with Crippen LogP contribution < -0.4 is 0 Å². The molecule has 1 rings (SSSR count). The highest BCUT2D eigenvalue weighted by atomic mass is 35.5. The van der Waals surface area contributed by atoms with Crippen LogP contribution in [0.3, 0.4) is 0 Å². The second-order valence-corrected chi connectivity index (χ2v) is 5.52.